The first-order chi connectivity index (χ1) is 11.3. The highest BCUT2D eigenvalue weighted by Crippen LogP contribution is 2.27. The van der Waals surface area contributed by atoms with E-state index in [1.54, 1.807) is 0 Å². The van der Waals surface area contributed by atoms with Crippen LogP contribution in [0.1, 0.15) is 30.9 Å². The van der Waals surface area contributed by atoms with Gasteiger partial charge in [-0.25, -0.2) is 8.78 Å². The second-order valence-electron chi connectivity index (χ2n) is 5.73. The number of carbonyl (C=O) groups is 2. The normalized spacial score (nSPS) is 10.6. The predicted molar refractivity (Wildman–Crippen MR) is 88.9 cm³/mol. The first kappa shape index (κ1) is 17.6. The molecule has 2 amide bonds. The molecule has 2 rings (SSSR count). The second kappa shape index (κ2) is 7.21. The molecule has 0 fully saturated rings. The van der Waals surface area contributed by atoms with Crippen LogP contribution < -0.4 is 10.6 Å². The summed E-state index contributed by atoms with van der Waals surface area (Å²) in [4.78, 5) is 24.1. The molecule has 0 saturated carbocycles. The third kappa shape index (κ3) is 3.95. The van der Waals surface area contributed by atoms with E-state index in [0.717, 1.165) is 29.3 Å². The maximum absolute atomic E-state index is 13.5. The third-order valence-corrected chi connectivity index (χ3v) is 3.55. The number of para-hydroxylation sites is 1. The highest BCUT2D eigenvalue weighted by atomic mass is 19.1. The number of carbonyl (C=O) groups excluding carboxylic acids is 2. The summed E-state index contributed by atoms with van der Waals surface area (Å²) in [5, 5.41) is 4.62. The lowest BCUT2D eigenvalue weighted by Crippen LogP contribution is -2.30. The van der Waals surface area contributed by atoms with Gasteiger partial charge >= 0.3 is 11.8 Å². The van der Waals surface area contributed by atoms with Crippen molar-refractivity contribution >= 4 is 23.2 Å². The predicted octanol–water partition coefficient (Wildman–Crippen LogP) is 3.97. The largest absolute Gasteiger partial charge is 0.317 e. The van der Waals surface area contributed by atoms with Crippen molar-refractivity contribution in [3.8, 4) is 0 Å². The fourth-order valence-corrected chi connectivity index (χ4v) is 2.28. The Morgan fingerprint density at radius 1 is 1.00 bits per heavy atom. The van der Waals surface area contributed by atoms with Crippen molar-refractivity contribution in [1.29, 1.82) is 0 Å². The van der Waals surface area contributed by atoms with Crippen molar-refractivity contribution in [3.05, 3.63) is 59.2 Å². The standard InChI is InChI=1S/C18H18F2N2O2/c1-10(2)13-6-4-5-11(3)16(13)22-18(24)17(23)21-15-9-12(19)7-8-14(15)20/h4-10H,1-3H3,(H,21,23)(H,22,24). The highest BCUT2D eigenvalue weighted by Gasteiger charge is 2.19. The number of aryl methyl sites for hydroxylation is 1. The van der Waals surface area contributed by atoms with E-state index in [1.807, 2.05) is 39.0 Å². The van der Waals surface area contributed by atoms with E-state index in [2.05, 4.69) is 10.6 Å². The minimum Gasteiger partial charge on any atom is -0.317 e. The lowest BCUT2D eigenvalue weighted by molar-refractivity contribution is -0.133. The molecule has 0 bridgehead atoms. The van der Waals surface area contributed by atoms with Gasteiger partial charge in [0.15, 0.2) is 0 Å². The Bertz CT molecular complexity index is 789. The molecule has 0 aliphatic heterocycles. The summed E-state index contributed by atoms with van der Waals surface area (Å²) in [6.45, 7) is 5.74. The summed E-state index contributed by atoms with van der Waals surface area (Å²) in [5.41, 5.74) is 1.85. The van der Waals surface area contributed by atoms with Gasteiger partial charge in [0.1, 0.15) is 11.6 Å². The third-order valence-electron chi connectivity index (χ3n) is 3.55. The van der Waals surface area contributed by atoms with E-state index in [1.165, 1.54) is 0 Å². The van der Waals surface area contributed by atoms with Crippen molar-refractivity contribution in [3.63, 3.8) is 0 Å². The van der Waals surface area contributed by atoms with Gasteiger partial charge in [-0.2, -0.15) is 0 Å². The summed E-state index contributed by atoms with van der Waals surface area (Å²) in [5.74, 6) is -3.42. The molecule has 0 heterocycles. The Labute approximate surface area is 138 Å². The van der Waals surface area contributed by atoms with Crippen LogP contribution in [0.4, 0.5) is 20.2 Å². The Morgan fingerprint density at radius 3 is 2.33 bits per heavy atom. The minimum absolute atomic E-state index is 0.143. The maximum Gasteiger partial charge on any atom is 0.314 e. The van der Waals surface area contributed by atoms with Crippen LogP contribution in [0.5, 0.6) is 0 Å². The molecule has 0 saturated heterocycles. The lowest BCUT2D eigenvalue weighted by atomic mass is 9.98. The number of anilines is 2. The zero-order chi connectivity index (χ0) is 17.9. The Balaban J connectivity index is 2.18. The van der Waals surface area contributed by atoms with Crippen molar-refractivity contribution in [1.82, 2.24) is 0 Å². The molecule has 0 aromatic heterocycles. The number of hydrogen-bond acceptors (Lipinski definition) is 2. The van der Waals surface area contributed by atoms with Crippen LogP contribution in [-0.4, -0.2) is 11.8 Å². The summed E-state index contributed by atoms with van der Waals surface area (Å²) >= 11 is 0. The van der Waals surface area contributed by atoms with Crippen LogP contribution in [0, 0.1) is 18.6 Å². The number of rotatable bonds is 3. The quantitative estimate of drug-likeness (QED) is 0.836. The van der Waals surface area contributed by atoms with E-state index in [0.29, 0.717) is 5.69 Å². The summed E-state index contributed by atoms with van der Waals surface area (Å²) < 4.78 is 26.7. The van der Waals surface area contributed by atoms with Gasteiger partial charge < -0.3 is 10.6 Å². The fraction of sp³-hybridized carbons (Fsp3) is 0.222. The molecule has 0 unspecified atom stereocenters. The van der Waals surface area contributed by atoms with Gasteiger partial charge in [0.25, 0.3) is 0 Å². The second-order valence-corrected chi connectivity index (χ2v) is 5.73. The highest BCUT2D eigenvalue weighted by molar-refractivity contribution is 6.43. The molecule has 0 atom stereocenters. The smallest absolute Gasteiger partial charge is 0.314 e. The molecule has 2 N–H and O–H groups in total. The van der Waals surface area contributed by atoms with Gasteiger partial charge in [0, 0.05) is 11.8 Å². The summed E-state index contributed by atoms with van der Waals surface area (Å²) in [7, 11) is 0. The average molecular weight is 332 g/mol. The van der Waals surface area contributed by atoms with E-state index in [4.69, 9.17) is 0 Å². The van der Waals surface area contributed by atoms with Crippen LogP contribution in [0.3, 0.4) is 0 Å². The van der Waals surface area contributed by atoms with E-state index in [9.17, 15) is 18.4 Å². The van der Waals surface area contributed by atoms with Gasteiger partial charge in [-0.3, -0.25) is 9.59 Å². The number of hydrogen-bond donors (Lipinski definition) is 2. The van der Waals surface area contributed by atoms with Crippen LogP contribution in [0.15, 0.2) is 36.4 Å². The first-order valence-electron chi connectivity index (χ1n) is 7.46. The molecule has 2 aromatic rings. The lowest BCUT2D eigenvalue weighted by Gasteiger charge is -2.16. The monoisotopic (exact) mass is 332 g/mol. The van der Waals surface area contributed by atoms with Crippen LogP contribution in [0.2, 0.25) is 0 Å². The van der Waals surface area contributed by atoms with Crippen molar-refractivity contribution in [2.75, 3.05) is 10.6 Å². The van der Waals surface area contributed by atoms with Gasteiger partial charge in [-0.15, -0.1) is 0 Å². The molecule has 24 heavy (non-hydrogen) atoms. The number of amides is 2. The first-order valence-corrected chi connectivity index (χ1v) is 7.46. The van der Waals surface area contributed by atoms with Crippen LogP contribution >= 0.6 is 0 Å². The van der Waals surface area contributed by atoms with Crippen LogP contribution in [0.25, 0.3) is 0 Å². The van der Waals surface area contributed by atoms with E-state index >= 15 is 0 Å². The van der Waals surface area contributed by atoms with Crippen molar-refractivity contribution in [2.24, 2.45) is 0 Å². The van der Waals surface area contributed by atoms with Crippen molar-refractivity contribution in [2.45, 2.75) is 26.7 Å². The topological polar surface area (TPSA) is 58.2 Å². The SMILES string of the molecule is Cc1cccc(C(C)C)c1NC(=O)C(=O)Nc1cc(F)ccc1F. The van der Waals surface area contributed by atoms with E-state index in [-0.39, 0.29) is 11.6 Å². The number of halogens is 2. The molecule has 0 aliphatic carbocycles. The number of nitrogens with one attached hydrogen (secondary N) is 2. The van der Waals surface area contributed by atoms with Gasteiger partial charge in [0.05, 0.1) is 5.69 Å². The molecular weight excluding hydrogens is 314 g/mol. The van der Waals surface area contributed by atoms with Gasteiger partial charge in [0.2, 0.25) is 0 Å². The van der Waals surface area contributed by atoms with Crippen molar-refractivity contribution < 1.29 is 18.4 Å². The van der Waals surface area contributed by atoms with Crippen LogP contribution in [-0.2, 0) is 9.59 Å². The molecule has 0 spiro atoms. The zero-order valence-electron chi connectivity index (χ0n) is 13.6. The average Bonchev–Trinajstić information content (AvgIpc) is 2.52. The molecule has 2 aromatic carbocycles. The Morgan fingerprint density at radius 2 is 1.67 bits per heavy atom. The molecule has 0 radical (unpaired) electrons. The van der Waals surface area contributed by atoms with Gasteiger partial charge in [-0.05, 0) is 36.1 Å². The molecule has 0 aliphatic rings. The molecular formula is C18H18F2N2O2. The van der Waals surface area contributed by atoms with Gasteiger partial charge in [-0.1, -0.05) is 32.0 Å². The summed E-state index contributed by atoms with van der Waals surface area (Å²) in [6.07, 6.45) is 0. The zero-order valence-corrected chi connectivity index (χ0v) is 13.6. The Hall–Kier alpha value is -2.76. The summed E-state index contributed by atoms with van der Waals surface area (Å²) in [6, 6.07) is 8.15. The number of benzene rings is 2. The molecule has 126 valence electrons. The Kier molecular flexibility index (Phi) is 5.28. The minimum atomic E-state index is -1.07. The molecule has 4 nitrogen and oxygen atoms in total. The fourth-order valence-electron chi connectivity index (χ4n) is 2.28. The van der Waals surface area contributed by atoms with E-state index < -0.39 is 23.4 Å². The molecule has 6 heteroatoms. The maximum atomic E-state index is 13.5.